The van der Waals surface area contributed by atoms with E-state index in [0.29, 0.717) is 23.5 Å². The van der Waals surface area contributed by atoms with Gasteiger partial charge in [-0.05, 0) is 42.8 Å². The fraction of sp³-hybridized carbons (Fsp3) is 0.286. The van der Waals surface area contributed by atoms with E-state index in [1.54, 1.807) is 24.3 Å². The Bertz CT molecular complexity index is 1170. The third-order valence-corrected chi connectivity index (χ3v) is 5.11. The van der Waals surface area contributed by atoms with Crippen LogP contribution in [0.2, 0.25) is 5.02 Å². The standard InChI is InChI=1S/C21H17ClF3N3O4/c1-2-31-13-5-3-4-11(8-13)18-14-9-12(22)6-7-15(14)28-19(16(32-18)10-17(29)30)26-27-20(28)21(23,24)25/h3-9,16,18H,2,10H2,1H3,(H,29,30)/t16-,18-/m1/s1. The van der Waals surface area contributed by atoms with Crippen LogP contribution in [0.3, 0.4) is 0 Å². The van der Waals surface area contributed by atoms with Gasteiger partial charge in [0.15, 0.2) is 5.82 Å². The molecule has 0 saturated carbocycles. The molecule has 1 aliphatic rings. The molecule has 2 heterocycles. The number of hydrogen-bond acceptors (Lipinski definition) is 5. The molecule has 11 heteroatoms. The highest BCUT2D eigenvalue weighted by Crippen LogP contribution is 2.44. The monoisotopic (exact) mass is 467 g/mol. The molecule has 0 amide bonds. The molecule has 168 valence electrons. The van der Waals surface area contributed by atoms with E-state index in [1.165, 1.54) is 18.2 Å². The quantitative estimate of drug-likeness (QED) is 0.570. The van der Waals surface area contributed by atoms with Crippen molar-refractivity contribution in [2.24, 2.45) is 0 Å². The molecule has 1 aromatic heterocycles. The zero-order chi connectivity index (χ0) is 23.0. The van der Waals surface area contributed by atoms with Crippen LogP contribution in [0.4, 0.5) is 13.2 Å². The lowest BCUT2D eigenvalue weighted by atomic mass is 9.99. The second kappa shape index (κ2) is 8.44. The molecule has 2 atom stereocenters. The highest BCUT2D eigenvalue weighted by Gasteiger charge is 2.43. The van der Waals surface area contributed by atoms with E-state index in [2.05, 4.69) is 10.2 Å². The Hall–Kier alpha value is -3.11. The summed E-state index contributed by atoms with van der Waals surface area (Å²) in [4.78, 5) is 11.5. The van der Waals surface area contributed by atoms with Gasteiger partial charge in [0.2, 0.25) is 5.82 Å². The minimum absolute atomic E-state index is 0.0985. The van der Waals surface area contributed by atoms with Crippen molar-refractivity contribution in [2.75, 3.05) is 6.61 Å². The van der Waals surface area contributed by atoms with E-state index < -0.39 is 36.6 Å². The predicted octanol–water partition coefficient (Wildman–Crippen LogP) is 4.97. The van der Waals surface area contributed by atoms with Crippen molar-refractivity contribution >= 4 is 17.6 Å². The first-order valence-electron chi connectivity index (χ1n) is 9.61. The predicted molar refractivity (Wildman–Crippen MR) is 107 cm³/mol. The average Bonchev–Trinajstić information content (AvgIpc) is 3.12. The Morgan fingerprint density at radius 3 is 2.72 bits per heavy atom. The van der Waals surface area contributed by atoms with Crippen molar-refractivity contribution in [1.29, 1.82) is 0 Å². The van der Waals surface area contributed by atoms with Crippen LogP contribution in [0.15, 0.2) is 42.5 Å². The largest absolute Gasteiger partial charge is 0.494 e. The number of carboxylic acids is 1. The highest BCUT2D eigenvalue weighted by atomic mass is 35.5. The molecular formula is C21H17ClF3N3O4. The van der Waals surface area contributed by atoms with Crippen LogP contribution in [0.25, 0.3) is 5.69 Å². The number of nitrogens with zero attached hydrogens (tertiary/aromatic N) is 3. The van der Waals surface area contributed by atoms with Crippen LogP contribution in [0.1, 0.15) is 48.3 Å². The second-order valence-corrected chi connectivity index (χ2v) is 7.46. The highest BCUT2D eigenvalue weighted by molar-refractivity contribution is 6.30. The number of carboxylic acid groups (broad SMARTS) is 1. The first-order valence-corrected chi connectivity index (χ1v) is 9.99. The smallest absolute Gasteiger partial charge is 0.452 e. The Kier molecular flexibility index (Phi) is 5.83. The third kappa shape index (κ3) is 4.15. The Morgan fingerprint density at radius 1 is 1.25 bits per heavy atom. The zero-order valence-corrected chi connectivity index (χ0v) is 17.4. The van der Waals surface area contributed by atoms with Crippen LogP contribution >= 0.6 is 11.6 Å². The van der Waals surface area contributed by atoms with Crippen molar-refractivity contribution in [3.63, 3.8) is 0 Å². The maximum absolute atomic E-state index is 13.7. The SMILES string of the molecule is CCOc1cccc([C@H]2O[C@H](CC(=O)O)c3nnc(C(F)(F)F)n3-c3ccc(Cl)cc32)c1. The fourth-order valence-corrected chi connectivity index (χ4v) is 3.83. The Balaban J connectivity index is 1.97. The minimum Gasteiger partial charge on any atom is -0.494 e. The summed E-state index contributed by atoms with van der Waals surface area (Å²) in [6, 6.07) is 11.2. The molecule has 0 bridgehead atoms. The van der Waals surface area contributed by atoms with Crippen LogP contribution in [0.5, 0.6) is 5.75 Å². The number of ether oxygens (including phenoxy) is 2. The number of rotatable bonds is 5. The number of halogens is 4. The summed E-state index contributed by atoms with van der Waals surface area (Å²) in [5.41, 5.74) is 0.967. The van der Waals surface area contributed by atoms with Crippen LogP contribution in [-0.2, 0) is 15.7 Å². The Labute approximate surface area is 185 Å². The first kappa shape index (κ1) is 22.1. The van der Waals surface area contributed by atoms with Gasteiger partial charge in [-0.25, -0.2) is 0 Å². The molecule has 1 aliphatic heterocycles. The minimum atomic E-state index is -4.83. The average molecular weight is 468 g/mol. The van der Waals surface area contributed by atoms with Crippen molar-refractivity contribution < 1.29 is 32.5 Å². The molecule has 7 nitrogen and oxygen atoms in total. The second-order valence-electron chi connectivity index (χ2n) is 7.03. The molecular weight excluding hydrogens is 451 g/mol. The first-order chi connectivity index (χ1) is 15.2. The van der Waals surface area contributed by atoms with Gasteiger partial charge in [-0.2, -0.15) is 13.2 Å². The molecule has 0 spiro atoms. The maximum atomic E-state index is 13.7. The van der Waals surface area contributed by atoms with Crippen LogP contribution in [0, 0.1) is 0 Å². The van der Waals surface area contributed by atoms with E-state index in [0.717, 1.165) is 4.57 Å². The number of fused-ring (bicyclic) bond motifs is 3. The fourth-order valence-electron chi connectivity index (χ4n) is 3.65. The number of alkyl halides is 3. The Morgan fingerprint density at radius 2 is 2.03 bits per heavy atom. The summed E-state index contributed by atoms with van der Waals surface area (Å²) in [7, 11) is 0. The molecule has 0 unspecified atom stereocenters. The maximum Gasteiger partial charge on any atom is 0.452 e. The molecule has 3 aromatic rings. The summed E-state index contributed by atoms with van der Waals surface area (Å²) in [6.07, 6.45) is -7.68. The number of aromatic nitrogens is 3. The van der Waals surface area contributed by atoms with Crippen LogP contribution in [-0.4, -0.2) is 32.4 Å². The van der Waals surface area contributed by atoms with Crippen molar-refractivity contribution in [2.45, 2.75) is 31.7 Å². The molecule has 4 rings (SSSR count). The number of carbonyl (C=O) groups is 1. The topological polar surface area (TPSA) is 86.5 Å². The lowest BCUT2D eigenvalue weighted by Crippen LogP contribution is -2.17. The van der Waals surface area contributed by atoms with Crippen LogP contribution < -0.4 is 4.74 Å². The normalized spacial score (nSPS) is 17.9. The van der Waals surface area contributed by atoms with Gasteiger partial charge >= 0.3 is 12.1 Å². The summed E-state index contributed by atoms with van der Waals surface area (Å²) in [5, 5.41) is 16.6. The number of benzene rings is 2. The van der Waals surface area contributed by atoms with Gasteiger partial charge in [-0.3, -0.25) is 9.36 Å². The molecule has 32 heavy (non-hydrogen) atoms. The van der Waals surface area contributed by atoms with Gasteiger partial charge in [0.1, 0.15) is 18.0 Å². The van der Waals surface area contributed by atoms with Crippen molar-refractivity contribution in [3.8, 4) is 11.4 Å². The van der Waals surface area contributed by atoms with E-state index in [9.17, 15) is 23.1 Å². The van der Waals surface area contributed by atoms with E-state index in [1.807, 2.05) is 6.92 Å². The van der Waals surface area contributed by atoms with Crippen molar-refractivity contribution in [3.05, 3.63) is 70.3 Å². The van der Waals surface area contributed by atoms with Gasteiger partial charge in [0, 0.05) is 10.6 Å². The van der Waals surface area contributed by atoms with E-state index >= 15 is 0 Å². The summed E-state index contributed by atoms with van der Waals surface area (Å²) in [6.45, 7) is 2.23. The lowest BCUT2D eigenvalue weighted by Gasteiger charge is -2.22. The number of hydrogen-bond donors (Lipinski definition) is 1. The summed E-state index contributed by atoms with van der Waals surface area (Å²) < 4.78 is 53.6. The van der Waals surface area contributed by atoms with Gasteiger partial charge in [0.25, 0.3) is 0 Å². The molecule has 2 aromatic carbocycles. The molecule has 1 N–H and O–H groups in total. The van der Waals surface area contributed by atoms with E-state index in [4.69, 9.17) is 21.1 Å². The lowest BCUT2D eigenvalue weighted by molar-refractivity contribution is -0.146. The molecule has 0 radical (unpaired) electrons. The van der Waals surface area contributed by atoms with Gasteiger partial charge in [-0.15, -0.1) is 10.2 Å². The molecule has 0 fully saturated rings. The van der Waals surface area contributed by atoms with Gasteiger partial charge in [-0.1, -0.05) is 23.7 Å². The van der Waals surface area contributed by atoms with E-state index in [-0.39, 0.29) is 16.5 Å². The summed E-state index contributed by atoms with van der Waals surface area (Å²) >= 11 is 6.18. The zero-order valence-electron chi connectivity index (χ0n) is 16.6. The number of aliphatic carboxylic acids is 1. The van der Waals surface area contributed by atoms with Gasteiger partial charge < -0.3 is 14.6 Å². The van der Waals surface area contributed by atoms with Crippen molar-refractivity contribution in [1.82, 2.24) is 14.8 Å². The molecule has 0 saturated heterocycles. The molecule has 0 aliphatic carbocycles. The summed E-state index contributed by atoms with van der Waals surface area (Å²) in [5.74, 6) is -2.26. The third-order valence-electron chi connectivity index (χ3n) is 4.87. The van der Waals surface area contributed by atoms with Gasteiger partial charge in [0.05, 0.1) is 18.7 Å².